The van der Waals surface area contributed by atoms with Gasteiger partial charge < -0.3 is 4.79 Å². The Bertz CT molecular complexity index is 6420. The number of sulfone groups is 2. The summed E-state index contributed by atoms with van der Waals surface area (Å²) in [6.45, 7) is 38.4. The van der Waals surface area contributed by atoms with Crippen LogP contribution in [0, 0.1) is 37.1 Å². The molecule has 0 N–H and O–H groups in total. The van der Waals surface area contributed by atoms with Crippen molar-refractivity contribution in [2.45, 2.75) is 160 Å². The van der Waals surface area contributed by atoms with E-state index in [9.17, 15) is 84.0 Å². The zero-order chi connectivity index (χ0) is 106. The summed E-state index contributed by atoms with van der Waals surface area (Å²) >= 11 is 0. The Kier molecular flexibility index (Phi) is 57.0. The first-order chi connectivity index (χ1) is 62.8. The third-order valence-electron chi connectivity index (χ3n) is 17.3. The molecule has 742 valence electrons. The monoisotopic (exact) mass is 2030 g/mol. The molecular formula is C110H138F6O13S6Si2. The van der Waals surface area contributed by atoms with Crippen molar-refractivity contribution in [1.82, 2.24) is 0 Å². The van der Waals surface area contributed by atoms with Crippen LogP contribution in [-0.2, 0) is 62.6 Å². The van der Waals surface area contributed by atoms with Gasteiger partial charge in [0, 0.05) is 97.8 Å². The normalized spacial score (nSPS) is 12.1. The molecule has 0 aliphatic heterocycles. The van der Waals surface area contributed by atoms with Gasteiger partial charge >= 0.3 is 0 Å². The van der Waals surface area contributed by atoms with E-state index in [1.807, 2.05) is 241 Å². The van der Waals surface area contributed by atoms with E-state index >= 15 is 0 Å². The van der Waals surface area contributed by atoms with Crippen molar-refractivity contribution in [3.05, 3.63) is 372 Å². The van der Waals surface area contributed by atoms with Crippen LogP contribution in [0.1, 0.15) is 134 Å². The highest BCUT2D eigenvalue weighted by Crippen LogP contribution is 2.23. The number of halogens is 6. The van der Waals surface area contributed by atoms with Crippen LogP contribution in [-0.4, -0.2) is 152 Å². The minimum absolute atomic E-state index is 0.0579. The van der Waals surface area contributed by atoms with Gasteiger partial charge in [0.2, 0.25) is 5.92 Å². The van der Waals surface area contributed by atoms with Gasteiger partial charge in [0.1, 0.15) is 38.9 Å². The number of Topliss-reactive ketones (excluding diaryl/α,β-unsaturated/α-hetero) is 5. The second-order valence-electron chi connectivity index (χ2n) is 34.2. The van der Waals surface area contributed by atoms with Crippen molar-refractivity contribution in [2.24, 2.45) is 0 Å². The number of aryl methyl sites for hydroxylation is 2. The third-order valence-corrected chi connectivity index (χ3v) is 27.6. The lowest BCUT2D eigenvalue weighted by atomic mass is 10.0. The zero-order valence-corrected chi connectivity index (χ0v) is 90.8. The predicted octanol–water partition coefficient (Wildman–Crippen LogP) is 25.5. The molecule has 0 aromatic heterocycles. The van der Waals surface area contributed by atoms with E-state index < -0.39 is 103 Å². The number of carbonyl (C=O) groups is 5. The summed E-state index contributed by atoms with van der Waals surface area (Å²) < 4.78 is 159. The minimum Gasteiger partial charge on any atom is -0.300 e. The van der Waals surface area contributed by atoms with E-state index in [2.05, 4.69) is 130 Å². The van der Waals surface area contributed by atoms with Gasteiger partial charge in [-0.2, -0.15) is 0 Å². The van der Waals surface area contributed by atoms with Crippen molar-refractivity contribution in [3.8, 4) is 22.3 Å². The van der Waals surface area contributed by atoms with Crippen molar-refractivity contribution in [1.29, 1.82) is 0 Å². The van der Waals surface area contributed by atoms with Crippen LogP contribution < -0.4 is 10.4 Å². The molecule has 0 bridgehead atoms. The smallest absolute Gasteiger partial charge is 0.242 e. The van der Waals surface area contributed by atoms with Crippen molar-refractivity contribution in [2.75, 3.05) is 43.8 Å². The van der Waals surface area contributed by atoms with E-state index in [1.54, 1.807) is 45.8 Å². The zero-order valence-electron chi connectivity index (χ0n) is 83.9. The minimum atomic E-state index is -3.53. The molecule has 4 unspecified atom stereocenters. The Morgan fingerprint density at radius 3 is 0.715 bits per heavy atom. The number of carbonyl (C=O) groups excluding carboxylic acids is 5. The molecule has 0 saturated heterocycles. The number of rotatable bonds is 14. The maximum absolute atomic E-state index is 12.5. The molecule has 4 atom stereocenters. The topological polar surface area (TPSA) is 222 Å². The molecule has 0 fully saturated rings. The lowest BCUT2D eigenvalue weighted by Gasteiger charge is -2.16. The molecule has 12 rings (SSSR count). The molecule has 0 heterocycles. The van der Waals surface area contributed by atoms with Crippen LogP contribution in [0.4, 0.5) is 26.3 Å². The molecule has 27 heteroatoms. The van der Waals surface area contributed by atoms with E-state index in [0.29, 0.717) is 6.07 Å². The number of allylic oxidation sites excluding steroid dienone is 1. The third kappa shape index (κ3) is 61.5. The van der Waals surface area contributed by atoms with Crippen LogP contribution in [0.25, 0.3) is 27.8 Å². The van der Waals surface area contributed by atoms with E-state index in [4.69, 9.17) is 0 Å². The maximum atomic E-state index is 12.5. The summed E-state index contributed by atoms with van der Waals surface area (Å²) in [4.78, 5) is 55.9. The van der Waals surface area contributed by atoms with Gasteiger partial charge in [-0.05, 0) is 238 Å². The fraction of sp³-hybridized carbons (Fsp3) is 0.245. The van der Waals surface area contributed by atoms with Gasteiger partial charge in [0.05, 0.1) is 21.0 Å². The van der Waals surface area contributed by atoms with Gasteiger partial charge in [-0.25, -0.2) is 43.2 Å². The molecule has 12 aromatic rings. The first-order valence-electron chi connectivity index (χ1n) is 42.7. The SMILES string of the molecule is C=C(C)c1ccccc1.C=S(C)(=O)c1ccc(-c2ccccc2)cc1.C=S(C)(=O)c1ccc(C)cc1.C=S(C)(=O)c1ccc([Si](C)(C)C)cc1.C=S(C)(=O)c1ccccc1.CC.CC(=O)c1cc(F)cc(F)c1.CC(=O)c1ccc(-c2ccccc2)cc1.CC(=O)c1ccc(C)cc1.CC(=O)c1ccc([Si](C)(C)C)cc1.CC(C)(F)F.CC(C)=O.CS(=O)(=O)c1cc(F)cc(F)c1.CS(C)(=O)=O. The Balaban J connectivity index is 0. The molecule has 0 spiro atoms. The van der Waals surface area contributed by atoms with Crippen LogP contribution in [0.5, 0.6) is 0 Å². The predicted molar refractivity (Wildman–Crippen MR) is 581 cm³/mol. The number of alkyl halides is 2. The first-order valence-corrected chi connectivity index (χ1v) is 62.4. The van der Waals surface area contributed by atoms with Gasteiger partial charge in [0.25, 0.3) is 0 Å². The molecule has 0 saturated carbocycles. The Morgan fingerprint density at radius 2 is 0.482 bits per heavy atom. The molecule has 12 aromatic carbocycles. The maximum Gasteiger partial charge on any atom is 0.242 e. The summed E-state index contributed by atoms with van der Waals surface area (Å²) in [5, 5.41) is 2.79. The Hall–Kier alpha value is -11.3. The fourth-order valence-corrected chi connectivity index (χ4v) is 15.9. The van der Waals surface area contributed by atoms with E-state index in [0.717, 1.165) is 116 Å². The van der Waals surface area contributed by atoms with Crippen LogP contribution in [0.2, 0.25) is 39.3 Å². The first kappa shape index (κ1) is 128. The molecule has 0 amide bonds. The summed E-state index contributed by atoms with van der Waals surface area (Å²) in [5.41, 5.74) is 11.7. The average molecular weight is 2030 g/mol. The highest BCUT2D eigenvalue weighted by molar-refractivity contribution is 8.00. The molecular weight excluding hydrogens is 1890 g/mol. The van der Waals surface area contributed by atoms with E-state index in [-0.39, 0.29) is 39.4 Å². The van der Waals surface area contributed by atoms with Crippen LogP contribution >= 0.6 is 0 Å². The van der Waals surface area contributed by atoms with Gasteiger partial charge in [-0.1, -0.05) is 305 Å². The molecule has 13 nitrogen and oxygen atoms in total. The second-order valence-corrected chi connectivity index (χ2v) is 58.6. The molecule has 0 radical (unpaired) electrons. The summed E-state index contributed by atoms with van der Waals surface area (Å²) in [5.74, 6) is 8.96. The second kappa shape index (κ2) is 61.1. The van der Waals surface area contributed by atoms with Crippen molar-refractivity contribution < 1.29 is 84.0 Å². The van der Waals surface area contributed by atoms with Crippen molar-refractivity contribution in [3.63, 3.8) is 0 Å². The highest BCUT2D eigenvalue weighted by atomic mass is 32.2. The number of hydrogen-bond donors (Lipinski definition) is 0. The van der Waals surface area contributed by atoms with Crippen LogP contribution in [0.15, 0.2) is 334 Å². The number of benzene rings is 12. The molecule has 0 aliphatic carbocycles. The largest absolute Gasteiger partial charge is 0.300 e. The Morgan fingerprint density at radius 1 is 0.285 bits per heavy atom. The summed E-state index contributed by atoms with van der Waals surface area (Å²) in [6, 6.07) is 91.3. The van der Waals surface area contributed by atoms with E-state index in [1.165, 1.54) is 59.0 Å². The lowest BCUT2D eigenvalue weighted by molar-refractivity contribution is -0.115. The summed E-state index contributed by atoms with van der Waals surface area (Å²) in [7, 11) is -16.8. The quantitative estimate of drug-likeness (QED) is 0.0428. The van der Waals surface area contributed by atoms with Gasteiger partial charge in [0.15, 0.2) is 33.0 Å². The molecule has 137 heavy (non-hydrogen) atoms. The standard InChI is InChI=1S/C14H14OS.C14H12O.C11H18OSSi.C11H16OSi.C9H12OS.C9H10O.C9H10.C8H6F2O.C8H10OS.C7H6F2O2S.C3H6F2.C3H6O.C2H6O2S.C2H6/c1-16(2,15)14-10-8-13(9-11-14)12-6-4-3-5-7-12;1-11(15)12-7-9-14(10-8-12)13-5-3-2-4-6-13;1-13(2,12)10-6-8-11(9-7-10)14(3,4)5;1-9(12)10-5-7-11(8-6-10)13(2,3)4;1-8-4-6-9(7-5-8)11(2,3)10;1-7-3-5-9(6-4-7)8(2)10;1-8(2)9-6-4-3-5-7-9;1-5(11)6-2-7(9)4-8(10)3-6;1-10(2,9)8-6-4-3-5-7-8;1-12(10,11)7-3-5(8)2-6(9)4-7;1-3(2,4)5;1-3(2)4;1-5(2,3)4;1-2/h3-11H,1H2,2H3;2-10H,1H3;6-9H,1H2,2-5H3;5-8H,1-4H3;4-7H,2H2,1,3H3;3-6H,1-2H3;3-7H,1H2,2H3;2-4H,1H3;3-7H,1H2,2H3;2-4H,1H3;1-2H3;1-2H3;1-2H3;1-2H3. The Labute approximate surface area is 817 Å². The lowest BCUT2D eigenvalue weighted by Crippen LogP contribution is -2.37. The van der Waals surface area contributed by atoms with Crippen LogP contribution in [0.3, 0.4) is 0 Å². The summed E-state index contributed by atoms with van der Waals surface area (Å²) in [6.07, 6.45) is 9.84. The average Bonchev–Trinajstić information content (AvgIpc) is 0.841. The molecule has 0 aliphatic rings. The highest BCUT2D eigenvalue weighted by Gasteiger charge is 2.18. The number of hydrogen-bond acceptors (Lipinski definition) is 13. The van der Waals surface area contributed by atoms with Crippen molar-refractivity contribution >= 4 is 142 Å². The van der Waals surface area contributed by atoms with Gasteiger partial charge in [-0.15, -0.1) is 0 Å². The van der Waals surface area contributed by atoms with Gasteiger partial charge in [-0.3, -0.25) is 36.0 Å². The number of ketones is 5. The fourth-order valence-electron chi connectivity index (χ4n) is 10.1.